The molecule has 0 aromatic heterocycles. The molecule has 6 heteroatoms. The summed E-state index contributed by atoms with van der Waals surface area (Å²) in [5.74, 6) is 1.76. The lowest BCUT2D eigenvalue weighted by molar-refractivity contribution is -0.131. The van der Waals surface area contributed by atoms with Gasteiger partial charge >= 0.3 is 0 Å². The Morgan fingerprint density at radius 3 is 2.65 bits per heavy atom. The number of benzene rings is 1. The Labute approximate surface area is 144 Å². The molecule has 0 radical (unpaired) electrons. The zero-order valence-corrected chi connectivity index (χ0v) is 14.6. The summed E-state index contributed by atoms with van der Waals surface area (Å²) in [5.41, 5.74) is 6.54. The second-order valence-corrected chi connectivity index (χ2v) is 5.55. The summed E-state index contributed by atoms with van der Waals surface area (Å²) in [4.78, 5) is 14.2. The zero-order valence-electron chi connectivity index (χ0n) is 13.8. The summed E-state index contributed by atoms with van der Waals surface area (Å²) < 4.78 is 10.7. The molecule has 0 saturated heterocycles. The summed E-state index contributed by atoms with van der Waals surface area (Å²) in [6.45, 7) is 4.36. The summed E-state index contributed by atoms with van der Waals surface area (Å²) in [7, 11) is 0. The highest BCUT2D eigenvalue weighted by molar-refractivity contribution is 5.85. The maximum atomic E-state index is 12.3. The third-order valence-corrected chi connectivity index (χ3v) is 3.89. The molecule has 5 nitrogen and oxygen atoms in total. The van der Waals surface area contributed by atoms with E-state index in [9.17, 15) is 4.79 Å². The van der Waals surface area contributed by atoms with Crippen LogP contribution in [0.15, 0.2) is 18.2 Å². The molecule has 0 fully saturated rings. The van der Waals surface area contributed by atoms with Crippen LogP contribution in [0.25, 0.3) is 0 Å². The molecule has 2 rings (SSSR count). The monoisotopic (exact) mass is 342 g/mol. The fourth-order valence-electron chi connectivity index (χ4n) is 2.57. The van der Waals surface area contributed by atoms with Gasteiger partial charge in [0.2, 0.25) is 12.7 Å². The Bertz CT molecular complexity index is 497. The number of hydrogen-bond acceptors (Lipinski definition) is 4. The van der Waals surface area contributed by atoms with Gasteiger partial charge in [-0.05, 0) is 44.0 Å². The molecular formula is C17H27ClN2O3. The summed E-state index contributed by atoms with van der Waals surface area (Å²) in [6, 6.07) is 5.85. The highest BCUT2D eigenvalue weighted by atomic mass is 35.5. The number of carbonyl (C=O) groups is 1. The lowest BCUT2D eigenvalue weighted by Gasteiger charge is -2.21. The number of nitrogens with zero attached hydrogens (tertiary/aromatic N) is 1. The molecule has 1 amide bonds. The minimum Gasteiger partial charge on any atom is -0.454 e. The van der Waals surface area contributed by atoms with E-state index in [0.717, 1.165) is 55.8 Å². The third-order valence-electron chi connectivity index (χ3n) is 3.89. The molecule has 1 aromatic carbocycles. The van der Waals surface area contributed by atoms with E-state index in [1.807, 2.05) is 30.0 Å². The Kier molecular flexibility index (Phi) is 8.81. The fourth-order valence-corrected chi connectivity index (χ4v) is 2.57. The number of nitrogens with two attached hydrogens (primary N) is 1. The summed E-state index contributed by atoms with van der Waals surface area (Å²) in [6.07, 6.45) is 4.78. The lowest BCUT2D eigenvalue weighted by Crippen LogP contribution is -2.30. The number of carbonyl (C=O) groups excluding carboxylic acids is 1. The lowest BCUT2D eigenvalue weighted by atomic mass is 10.1. The number of hydrogen-bond donors (Lipinski definition) is 1. The normalized spacial score (nSPS) is 11.9. The van der Waals surface area contributed by atoms with Gasteiger partial charge in [0.25, 0.3) is 0 Å². The van der Waals surface area contributed by atoms with Gasteiger partial charge in [0.15, 0.2) is 11.5 Å². The SMILES string of the molecule is CCN(Cc1ccc2c(c1)OCO2)C(=O)CCCCCCN.Cl. The maximum absolute atomic E-state index is 12.3. The van der Waals surface area contributed by atoms with Crippen LogP contribution in [-0.2, 0) is 11.3 Å². The Morgan fingerprint density at radius 1 is 1.17 bits per heavy atom. The van der Waals surface area contributed by atoms with Crippen LogP contribution in [0.4, 0.5) is 0 Å². The van der Waals surface area contributed by atoms with Crippen LogP contribution in [0.2, 0.25) is 0 Å². The molecule has 23 heavy (non-hydrogen) atoms. The molecule has 0 saturated carbocycles. The van der Waals surface area contributed by atoms with Crippen LogP contribution >= 0.6 is 12.4 Å². The van der Waals surface area contributed by atoms with Crippen molar-refractivity contribution in [1.29, 1.82) is 0 Å². The van der Waals surface area contributed by atoms with Gasteiger partial charge in [-0.15, -0.1) is 12.4 Å². The molecule has 0 aliphatic carbocycles. The number of unbranched alkanes of at least 4 members (excludes halogenated alkanes) is 3. The Hall–Kier alpha value is -1.46. The first-order valence-corrected chi connectivity index (χ1v) is 8.11. The number of fused-ring (bicyclic) bond motifs is 1. The summed E-state index contributed by atoms with van der Waals surface area (Å²) >= 11 is 0. The van der Waals surface area contributed by atoms with Crippen LogP contribution < -0.4 is 15.2 Å². The van der Waals surface area contributed by atoms with E-state index in [-0.39, 0.29) is 25.1 Å². The van der Waals surface area contributed by atoms with E-state index in [4.69, 9.17) is 15.2 Å². The number of amides is 1. The van der Waals surface area contributed by atoms with Crippen molar-refractivity contribution in [1.82, 2.24) is 4.90 Å². The molecular weight excluding hydrogens is 316 g/mol. The largest absolute Gasteiger partial charge is 0.454 e. The van der Waals surface area contributed by atoms with Gasteiger partial charge in [-0.3, -0.25) is 4.79 Å². The predicted octanol–water partition coefficient (Wildman–Crippen LogP) is 3.09. The van der Waals surface area contributed by atoms with E-state index in [2.05, 4.69) is 0 Å². The maximum Gasteiger partial charge on any atom is 0.231 e. The second kappa shape index (κ2) is 10.3. The summed E-state index contributed by atoms with van der Waals surface area (Å²) in [5, 5.41) is 0. The van der Waals surface area contributed by atoms with Crippen LogP contribution in [0.3, 0.4) is 0 Å². The molecule has 1 aliphatic heterocycles. The van der Waals surface area contributed by atoms with E-state index >= 15 is 0 Å². The quantitative estimate of drug-likeness (QED) is 0.700. The fraction of sp³-hybridized carbons (Fsp3) is 0.588. The highest BCUT2D eigenvalue weighted by Gasteiger charge is 2.16. The molecule has 0 unspecified atom stereocenters. The van der Waals surface area contributed by atoms with E-state index < -0.39 is 0 Å². The molecule has 1 aliphatic rings. The van der Waals surface area contributed by atoms with Gasteiger partial charge in [-0.2, -0.15) is 0 Å². The first-order chi connectivity index (χ1) is 10.7. The van der Waals surface area contributed by atoms with Gasteiger partial charge in [-0.1, -0.05) is 18.9 Å². The molecule has 130 valence electrons. The van der Waals surface area contributed by atoms with Crippen LogP contribution in [0.5, 0.6) is 11.5 Å². The van der Waals surface area contributed by atoms with Crippen molar-refractivity contribution in [2.24, 2.45) is 5.73 Å². The topological polar surface area (TPSA) is 64.8 Å². The van der Waals surface area contributed by atoms with Crippen molar-refractivity contribution in [3.05, 3.63) is 23.8 Å². The van der Waals surface area contributed by atoms with Crippen molar-refractivity contribution in [2.45, 2.75) is 45.6 Å². The van der Waals surface area contributed by atoms with Crippen molar-refractivity contribution in [2.75, 3.05) is 19.9 Å². The number of halogens is 1. The average Bonchev–Trinajstić information content (AvgIpc) is 2.99. The average molecular weight is 343 g/mol. The molecule has 0 spiro atoms. The van der Waals surface area contributed by atoms with Crippen molar-refractivity contribution in [3.63, 3.8) is 0 Å². The van der Waals surface area contributed by atoms with Gasteiger partial charge in [0, 0.05) is 19.5 Å². The van der Waals surface area contributed by atoms with E-state index in [0.29, 0.717) is 13.0 Å². The first-order valence-electron chi connectivity index (χ1n) is 8.11. The molecule has 1 aromatic rings. The Balaban J connectivity index is 0.00000264. The Morgan fingerprint density at radius 2 is 1.91 bits per heavy atom. The smallest absolute Gasteiger partial charge is 0.231 e. The number of rotatable bonds is 9. The van der Waals surface area contributed by atoms with E-state index in [1.54, 1.807) is 0 Å². The minimum absolute atomic E-state index is 0. The van der Waals surface area contributed by atoms with Gasteiger partial charge in [0.1, 0.15) is 0 Å². The standard InChI is InChI=1S/C17H26N2O3.ClH/c1-2-19(17(20)7-5-3-4-6-10-18)12-14-8-9-15-16(11-14)22-13-21-15;/h8-9,11H,2-7,10,12-13,18H2,1H3;1H. The van der Waals surface area contributed by atoms with E-state index in [1.165, 1.54) is 0 Å². The predicted molar refractivity (Wildman–Crippen MR) is 93.0 cm³/mol. The van der Waals surface area contributed by atoms with Gasteiger partial charge < -0.3 is 20.1 Å². The third kappa shape index (κ3) is 5.92. The van der Waals surface area contributed by atoms with Crippen molar-refractivity contribution in [3.8, 4) is 11.5 Å². The van der Waals surface area contributed by atoms with Crippen molar-refractivity contribution >= 4 is 18.3 Å². The molecule has 0 bridgehead atoms. The first kappa shape index (κ1) is 19.6. The minimum atomic E-state index is 0. The van der Waals surface area contributed by atoms with Crippen molar-refractivity contribution < 1.29 is 14.3 Å². The zero-order chi connectivity index (χ0) is 15.8. The van der Waals surface area contributed by atoms with Crippen LogP contribution in [0.1, 0.15) is 44.6 Å². The highest BCUT2D eigenvalue weighted by Crippen LogP contribution is 2.32. The van der Waals surface area contributed by atoms with Crippen LogP contribution in [0, 0.1) is 0 Å². The number of ether oxygens (including phenoxy) is 2. The molecule has 1 heterocycles. The van der Waals surface area contributed by atoms with Gasteiger partial charge in [0.05, 0.1) is 0 Å². The molecule has 2 N–H and O–H groups in total. The van der Waals surface area contributed by atoms with Gasteiger partial charge in [-0.25, -0.2) is 0 Å². The second-order valence-electron chi connectivity index (χ2n) is 5.55. The molecule has 0 atom stereocenters. The van der Waals surface area contributed by atoms with Crippen LogP contribution in [-0.4, -0.2) is 30.7 Å².